The molecule has 0 bridgehead atoms. The Morgan fingerprint density at radius 3 is 2.43 bits per heavy atom. The van der Waals surface area contributed by atoms with Gasteiger partial charge < -0.3 is 20.7 Å². The van der Waals surface area contributed by atoms with E-state index in [1.807, 2.05) is 0 Å². The number of fused-ring (bicyclic) bond motifs is 1. The molecule has 2 aromatic rings. The summed E-state index contributed by atoms with van der Waals surface area (Å²) in [6.45, 7) is -1.73. The molecule has 0 saturated heterocycles. The summed E-state index contributed by atoms with van der Waals surface area (Å²) in [6.07, 6.45) is -8.10. The highest BCUT2D eigenvalue weighted by atomic mass is 19.4. The standard InChI is InChI=1S/C23H19F7N4O3/c1-32-10-12(9-31)19-18(14-4-2-3-5-15(14)21(36)34(19)11-22(25,26)27)20(35)33-13-6-7-16(24)17(8-13)37-23(28,29)30/h2-10,18-19H,11,31H2,1H3,(H,33,35)/t18-,19+/m1/s1. The molecule has 0 spiro atoms. The fraction of sp³-hybridized carbons (Fsp3) is 0.261. The molecule has 0 fully saturated rings. The predicted octanol–water partition coefficient (Wildman–Crippen LogP) is 4.38. The van der Waals surface area contributed by atoms with Crippen molar-refractivity contribution in [2.75, 3.05) is 18.9 Å². The third-order valence-corrected chi connectivity index (χ3v) is 5.31. The SMILES string of the molecule is CN=CC(=CN)[C@H]1[C@H](C(=O)Nc2ccc(F)c(OC(F)(F)F)c2)c2ccccc2C(=O)N1CC(F)(F)F. The minimum Gasteiger partial charge on any atom is -0.404 e. The minimum atomic E-state index is -5.23. The van der Waals surface area contributed by atoms with Crippen molar-refractivity contribution in [1.82, 2.24) is 4.90 Å². The number of carbonyl (C=O) groups excluding carboxylic acids is 2. The number of anilines is 1. The van der Waals surface area contributed by atoms with E-state index in [1.165, 1.54) is 31.3 Å². The highest BCUT2D eigenvalue weighted by Gasteiger charge is 2.48. The number of nitrogens with zero attached hydrogens (tertiary/aromatic N) is 2. The number of halogens is 7. The van der Waals surface area contributed by atoms with E-state index < -0.39 is 54.4 Å². The summed E-state index contributed by atoms with van der Waals surface area (Å²) in [5, 5.41) is 2.27. The van der Waals surface area contributed by atoms with Crippen molar-refractivity contribution >= 4 is 23.7 Å². The van der Waals surface area contributed by atoms with Gasteiger partial charge in [-0.2, -0.15) is 13.2 Å². The fourth-order valence-electron chi connectivity index (χ4n) is 3.99. The van der Waals surface area contributed by atoms with E-state index in [0.717, 1.165) is 18.5 Å². The number of aliphatic imine (C=N–C) groups is 1. The highest BCUT2D eigenvalue weighted by Crippen LogP contribution is 2.39. The molecule has 0 unspecified atom stereocenters. The van der Waals surface area contributed by atoms with Gasteiger partial charge in [-0.3, -0.25) is 14.6 Å². The average Bonchev–Trinajstić information content (AvgIpc) is 2.79. The van der Waals surface area contributed by atoms with E-state index in [2.05, 4.69) is 15.0 Å². The molecule has 37 heavy (non-hydrogen) atoms. The van der Waals surface area contributed by atoms with E-state index in [9.17, 15) is 40.3 Å². The lowest BCUT2D eigenvalue weighted by molar-refractivity contribution is -0.275. The van der Waals surface area contributed by atoms with Gasteiger partial charge in [0.05, 0.1) is 12.0 Å². The van der Waals surface area contributed by atoms with Gasteiger partial charge in [0.2, 0.25) is 5.91 Å². The molecular formula is C23H19F7N4O3. The Balaban J connectivity index is 2.12. The van der Waals surface area contributed by atoms with E-state index >= 15 is 0 Å². The molecule has 2 amide bonds. The van der Waals surface area contributed by atoms with Crippen molar-refractivity contribution < 1.29 is 45.1 Å². The van der Waals surface area contributed by atoms with Gasteiger partial charge in [-0.15, -0.1) is 13.2 Å². The topological polar surface area (TPSA) is 97.0 Å². The Hall–Kier alpha value is -4.10. The number of hydrogen-bond acceptors (Lipinski definition) is 5. The maximum Gasteiger partial charge on any atom is 0.573 e. The van der Waals surface area contributed by atoms with Gasteiger partial charge in [-0.25, -0.2) is 4.39 Å². The van der Waals surface area contributed by atoms with Crippen molar-refractivity contribution in [3.8, 4) is 5.75 Å². The van der Waals surface area contributed by atoms with Gasteiger partial charge in [-0.05, 0) is 23.8 Å². The number of benzene rings is 2. The minimum absolute atomic E-state index is 0.0474. The second kappa shape index (κ2) is 10.5. The summed E-state index contributed by atoms with van der Waals surface area (Å²) in [4.78, 5) is 30.7. The summed E-state index contributed by atoms with van der Waals surface area (Å²) in [6, 6.07) is 5.96. The van der Waals surface area contributed by atoms with Crippen LogP contribution in [0.2, 0.25) is 0 Å². The summed E-state index contributed by atoms with van der Waals surface area (Å²) in [5.41, 5.74) is 5.04. The average molecular weight is 532 g/mol. The Bertz CT molecular complexity index is 1240. The van der Waals surface area contributed by atoms with Crippen LogP contribution in [0, 0.1) is 5.82 Å². The number of rotatable bonds is 6. The molecule has 2 atom stereocenters. The zero-order valence-electron chi connectivity index (χ0n) is 18.9. The van der Waals surface area contributed by atoms with Crippen LogP contribution in [0.1, 0.15) is 21.8 Å². The number of alkyl halides is 6. The lowest BCUT2D eigenvalue weighted by atomic mass is 9.79. The van der Waals surface area contributed by atoms with Gasteiger partial charge in [0.25, 0.3) is 5.91 Å². The van der Waals surface area contributed by atoms with Gasteiger partial charge in [0.1, 0.15) is 6.54 Å². The summed E-state index contributed by atoms with van der Waals surface area (Å²) < 4.78 is 95.7. The first kappa shape index (κ1) is 27.5. The lowest BCUT2D eigenvalue weighted by Crippen LogP contribution is -2.55. The summed E-state index contributed by atoms with van der Waals surface area (Å²) in [5.74, 6) is -6.15. The van der Waals surface area contributed by atoms with Crippen LogP contribution in [0.5, 0.6) is 5.75 Å². The van der Waals surface area contributed by atoms with Crippen molar-refractivity contribution in [2.45, 2.75) is 24.5 Å². The Morgan fingerprint density at radius 1 is 1.16 bits per heavy atom. The number of nitrogens with one attached hydrogen (secondary N) is 1. The molecule has 1 aliphatic rings. The number of carbonyl (C=O) groups is 2. The van der Waals surface area contributed by atoms with Crippen LogP contribution >= 0.6 is 0 Å². The first-order valence-electron chi connectivity index (χ1n) is 10.4. The molecule has 1 aliphatic heterocycles. The zero-order chi connectivity index (χ0) is 27.5. The first-order valence-corrected chi connectivity index (χ1v) is 10.4. The monoisotopic (exact) mass is 532 g/mol. The molecule has 2 aromatic carbocycles. The fourth-order valence-corrected chi connectivity index (χ4v) is 3.99. The number of ether oxygens (including phenoxy) is 1. The molecule has 3 rings (SSSR count). The van der Waals surface area contributed by atoms with Crippen LogP contribution in [-0.2, 0) is 4.79 Å². The first-order chi connectivity index (χ1) is 17.3. The van der Waals surface area contributed by atoms with Crippen molar-refractivity contribution in [3.05, 3.63) is 71.2 Å². The van der Waals surface area contributed by atoms with Gasteiger partial charge in [0.15, 0.2) is 11.6 Å². The van der Waals surface area contributed by atoms with E-state index in [-0.39, 0.29) is 22.4 Å². The van der Waals surface area contributed by atoms with Crippen LogP contribution in [0.15, 0.2) is 59.2 Å². The van der Waals surface area contributed by atoms with E-state index in [4.69, 9.17) is 5.73 Å². The second-order valence-corrected chi connectivity index (χ2v) is 7.79. The third kappa shape index (κ3) is 6.37. The molecule has 198 valence electrons. The summed E-state index contributed by atoms with van der Waals surface area (Å²) >= 11 is 0. The van der Waals surface area contributed by atoms with E-state index in [1.54, 1.807) is 0 Å². The van der Waals surface area contributed by atoms with Crippen molar-refractivity contribution in [3.63, 3.8) is 0 Å². The van der Waals surface area contributed by atoms with Gasteiger partial charge in [-0.1, -0.05) is 18.2 Å². The zero-order valence-corrected chi connectivity index (χ0v) is 18.9. The smallest absolute Gasteiger partial charge is 0.404 e. The lowest BCUT2D eigenvalue weighted by Gasteiger charge is -2.42. The Labute approximate surface area is 205 Å². The van der Waals surface area contributed by atoms with E-state index in [0.29, 0.717) is 17.0 Å². The molecule has 0 aromatic heterocycles. The number of hydrogen-bond donors (Lipinski definition) is 2. The number of nitrogens with two attached hydrogens (primary N) is 1. The molecular weight excluding hydrogens is 513 g/mol. The third-order valence-electron chi connectivity index (χ3n) is 5.31. The molecule has 0 saturated carbocycles. The molecule has 3 N–H and O–H groups in total. The largest absolute Gasteiger partial charge is 0.573 e. The van der Waals surface area contributed by atoms with Gasteiger partial charge >= 0.3 is 12.5 Å². The molecule has 7 nitrogen and oxygen atoms in total. The van der Waals surface area contributed by atoms with Crippen molar-refractivity contribution in [2.24, 2.45) is 10.7 Å². The maximum absolute atomic E-state index is 13.8. The van der Waals surface area contributed by atoms with Crippen LogP contribution in [0.25, 0.3) is 0 Å². The maximum atomic E-state index is 13.8. The Kier molecular flexibility index (Phi) is 7.79. The van der Waals surface area contributed by atoms with Gasteiger partial charge in [0, 0.05) is 42.4 Å². The predicted molar refractivity (Wildman–Crippen MR) is 118 cm³/mol. The highest BCUT2D eigenvalue weighted by molar-refractivity contribution is 6.06. The molecule has 1 heterocycles. The Morgan fingerprint density at radius 2 is 1.84 bits per heavy atom. The quantitative estimate of drug-likeness (QED) is 0.427. The van der Waals surface area contributed by atoms with Crippen LogP contribution in [-0.4, -0.2) is 55.1 Å². The van der Waals surface area contributed by atoms with Crippen LogP contribution in [0.3, 0.4) is 0 Å². The second-order valence-electron chi connectivity index (χ2n) is 7.79. The molecule has 0 radical (unpaired) electrons. The van der Waals surface area contributed by atoms with Crippen LogP contribution in [0.4, 0.5) is 36.4 Å². The number of amides is 2. The molecule has 0 aliphatic carbocycles. The van der Waals surface area contributed by atoms with Crippen LogP contribution < -0.4 is 15.8 Å². The summed E-state index contributed by atoms with van der Waals surface area (Å²) in [7, 11) is 1.30. The normalized spacial score (nSPS) is 18.6. The molecule has 14 heteroatoms. The van der Waals surface area contributed by atoms with Crippen molar-refractivity contribution in [1.29, 1.82) is 0 Å².